The Labute approximate surface area is 375 Å². The van der Waals surface area contributed by atoms with Gasteiger partial charge in [0.25, 0.3) is 0 Å². The second-order valence-electron chi connectivity index (χ2n) is 16.8. The summed E-state index contributed by atoms with van der Waals surface area (Å²) in [6, 6.07) is 74.6. The molecule has 0 aliphatic carbocycles. The van der Waals surface area contributed by atoms with E-state index in [0.717, 1.165) is 77.2 Å². The molecule has 0 unspecified atom stereocenters. The molecule has 0 radical (unpaired) electrons. The summed E-state index contributed by atoms with van der Waals surface area (Å²) in [5.41, 5.74) is 15.5. The number of aromatic nitrogens is 2. The molecule has 302 valence electrons. The molecule has 0 N–H and O–H groups in total. The summed E-state index contributed by atoms with van der Waals surface area (Å²) in [6.07, 6.45) is 7.53. The molecule has 0 aliphatic rings. The Balaban J connectivity index is 1.08. The average molecular weight is 827 g/mol. The van der Waals surface area contributed by atoms with Crippen LogP contribution in [-0.4, -0.2) is 9.97 Å². The van der Waals surface area contributed by atoms with Crippen molar-refractivity contribution in [3.63, 3.8) is 0 Å². The second-order valence-corrected chi connectivity index (χ2v) is 16.8. The Morgan fingerprint density at radius 3 is 1.18 bits per heavy atom. The van der Waals surface area contributed by atoms with Crippen molar-refractivity contribution in [3.05, 3.63) is 231 Å². The van der Waals surface area contributed by atoms with Gasteiger partial charge in [-0.25, -0.2) is 0 Å². The molecule has 10 aromatic carbocycles. The molecule has 65 heavy (non-hydrogen) atoms. The number of hydrogen-bond donors (Lipinski definition) is 0. The molecule has 0 saturated carbocycles. The number of benzene rings is 10. The summed E-state index contributed by atoms with van der Waals surface area (Å²) in [6.45, 7) is 0. The van der Waals surface area contributed by atoms with Crippen molar-refractivity contribution in [2.24, 2.45) is 0 Å². The van der Waals surface area contributed by atoms with Crippen LogP contribution in [0.25, 0.3) is 132 Å². The van der Waals surface area contributed by atoms with E-state index in [-0.39, 0.29) is 0 Å². The van der Waals surface area contributed by atoms with Crippen LogP contribution in [0.2, 0.25) is 0 Å². The van der Waals surface area contributed by atoms with Gasteiger partial charge in [-0.3, -0.25) is 9.97 Å². The predicted molar refractivity (Wildman–Crippen MR) is 272 cm³/mol. The van der Waals surface area contributed by atoms with Crippen LogP contribution in [-0.2, 0) is 0 Å². The molecular formula is C62H38N2O. The van der Waals surface area contributed by atoms with Crippen molar-refractivity contribution < 1.29 is 4.42 Å². The molecule has 0 aliphatic heterocycles. The summed E-state index contributed by atoms with van der Waals surface area (Å²) < 4.78 is 7.15. The molecule has 3 heterocycles. The minimum Gasteiger partial charge on any atom is -0.455 e. The highest BCUT2D eigenvalue weighted by atomic mass is 16.3. The van der Waals surface area contributed by atoms with Gasteiger partial charge in [-0.1, -0.05) is 170 Å². The Morgan fingerprint density at radius 2 is 0.677 bits per heavy atom. The zero-order chi connectivity index (χ0) is 42.8. The molecule has 0 amide bonds. The van der Waals surface area contributed by atoms with Crippen LogP contribution in [0.3, 0.4) is 0 Å². The molecule has 0 spiro atoms. The lowest BCUT2D eigenvalue weighted by atomic mass is 9.84. The van der Waals surface area contributed by atoms with Gasteiger partial charge in [0, 0.05) is 57.8 Å². The fraction of sp³-hybridized carbons (Fsp3) is 0. The number of furan rings is 1. The molecule has 13 rings (SSSR count). The minimum atomic E-state index is 0.866. The van der Waals surface area contributed by atoms with Crippen molar-refractivity contribution in [1.29, 1.82) is 0 Å². The first-order valence-electron chi connectivity index (χ1n) is 22.1. The van der Waals surface area contributed by atoms with Crippen LogP contribution < -0.4 is 0 Å². The van der Waals surface area contributed by atoms with Gasteiger partial charge in [0.15, 0.2) is 0 Å². The highest BCUT2D eigenvalue weighted by molar-refractivity contribution is 6.28. The van der Waals surface area contributed by atoms with E-state index in [4.69, 9.17) is 4.42 Å². The highest BCUT2D eigenvalue weighted by Gasteiger charge is 2.24. The van der Waals surface area contributed by atoms with Gasteiger partial charge >= 0.3 is 0 Å². The Hall–Kier alpha value is -8.66. The smallest absolute Gasteiger partial charge is 0.143 e. The molecular weight excluding hydrogens is 789 g/mol. The Bertz CT molecular complexity index is 3810. The van der Waals surface area contributed by atoms with Gasteiger partial charge in [0.2, 0.25) is 0 Å². The van der Waals surface area contributed by atoms with Crippen LogP contribution in [0.15, 0.2) is 235 Å². The standard InChI is InChI=1S/C62H38N2O/c1-2-16-39(17-3-1)57-45-20-4-8-24-49(45)59(50-25-9-5-21-46(50)57)53-28-13-31-56-61(53)55-30-12-29-54(62(55)65-56)60-51-26-10-6-22-47(51)58(48-23-7-11-27-52(48)60)44-35-42(40-18-14-32-63-37-40)34-43(36-44)41-19-15-33-64-38-41/h1-38H. The van der Waals surface area contributed by atoms with Crippen molar-refractivity contribution in [1.82, 2.24) is 9.97 Å². The molecule has 3 heteroatoms. The van der Waals surface area contributed by atoms with E-state index in [1.807, 2.05) is 36.9 Å². The predicted octanol–water partition coefficient (Wildman–Crippen LogP) is 17.0. The van der Waals surface area contributed by atoms with E-state index in [1.165, 1.54) is 54.6 Å². The lowest BCUT2D eigenvalue weighted by Crippen LogP contribution is -1.93. The topological polar surface area (TPSA) is 38.9 Å². The van der Waals surface area contributed by atoms with E-state index in [2.05, 4.69) is 204 Å². The number of pyridine rings is 2. The van der Waals surface area contributed by atoms with Crippen LogP contribution in [0, 0.1) is 0 Å². The van der Waals surface area contributed by atoms with E-state index >= 15 is 0 Å². The fourth-order valence-electron chi connectivity index (χ4n) is 10.5. The summed E-state index contributed by atoms with van der Waals surface area (Å²) in [4.78, 5) is 8.99. The average Bonchev–Trinajstić information content (AvgIpc) is 3.77. The van der Waals surface area contributed by atoms with Gasteiger partial charge in [0.05, 0.1) is 0 Å². The SMILES string of the molecule is c1ccc(-c2c3ccccc3c(-c3cccc4oc5c(-c6c7ccccc7c(-c7cc(-c8cccnc8)cc(-c8cccnc8)c7)c7ccccc67)cccc5c34)c3ccccc23)cc1. The van der Waals surface area contributed by atoms with Crippen LogP contribution >= 0.6 is 0 Å². The summed E-state index contributed by atoms with van der Waals surface area (Å²) in [5.74, 6) is 0. The number of para-hydroxylation sites is 1. The quantitative estimate of drug-likeness (QED) is 0.157. The summed E-state index contributed by atoms with van der Waals surface area (Å²) in [5, 5.41) is 11.8. The fourth-order valence-corrected chi connectivity index (χ4v) is 10.5. The monoisotopic (exact) mass is 826 g/mol. The molecule has 3 aromatic heterocycles. The lowest BCUT2D eigenvalue weighted by molar-refractivity contribution is 0.670. The van der Waals surface area contributed by atoms with Crippen LogP contribution in [0.4, 0.5) is 0 Å². The molecule has 0 bridgehead atoms. The maximum Gasteiger partial charge on any atom is 0.143 e. The van der Waals surface area contributed by atoms with Crippen molar-refractivity contribution in [2.45, 2.75) is 0 Å². The molecule has 3 nitrogen and oxygen atoms in total. The van der Waals surface area contributed by atoms with Crippen molar-refractivity contribution in [2.75, 3.05) is 0 Å². The number of fused-ring (bicyclic) bond motifs is 7. The van der Waals surface area contributed by atoms with E-state index < -0.39 is 0 Å². The van der Waals surface area contributed by atoms with Gasteiger partial charge in [0.1, 0.15) is 11.2 Å². The Morgan fingerprint density at radius 1 is 0.277 bits per heavy atom. The van der Waals surface area contributed by atoms with Gasteiger partial charge in [-0.2, -0.15) is 0 Å². The van der Waals surface area contributed by atoms with E-state index in [9.17, 15) is 0 Å². The van der Waals surface area contributed by atoms with Crippen LogP contribution in [0.5, 0.6) is 0 Å². The largest absolute Gasteiger partial charge is 0.455 e. The maximum absolute atomic E-state index is 7.15. The third-order valence-corrected chi connectivity index (χ3v) is 13.2. The maximum atomic E-state index is 7.15. The van der Waals surface area contributed by atoms with Gasteiger partial charge in [-0.05, 0) is 124 Å². The number of nitrogens with zero attached hydrogens (tertiary/aromatic N) is 2. The highest BCUT2D eigenvalue weighted by Crippen LogP contribution is 2.50. The van der Waals surface area contributed by atoms with E-state index in [1.54, 1.807) is 0 Å². The zero-order valence-corrected chi connectivity index (χ0v) is 35.2. The van der Waals surface area contributed by atoms with Crippen molar-refractivity contribution in [3.8, 4) is 66.8 Å². The van der Waals surface area contributed by atoms with Gasteiger partial charge < -0.3 is 4.42 Å². The first-order valence-corrected chi connectivity index (χ1v) is 22.1. The second kappa shape index (κ2) is 15.0. The third kappa shape index (κ3) is 5.90. The summed E-state index contributed by atoms with van der Waals surface area (Å²) >= 11 is 0. The molecule has 0 atom stereocenters. The first-order chi connectivity index (χ1) is 32.3. The molecule has 13 aromatic rings. The van der Waals surface area contributed by atoms with Crippen molar-refractivity contribution >= 4 is 65.0 Å². The third-order valence-electron chi connectivity index (χ3n) is 13.2. The molecule has 0 saturated heterocycles. The normalized spacial score (nSPS) is 11.7. The number of rotatable bonds is 6. The minimum absolute atomic E-state index is 0.866. The first kappa shape index (κ1) is 36.9. The van der Waals surface area contributed by atoms with Gasteiger partial charge in [-0.15, -0.1) is 0 Å². The number of hydrogen-bond acceptors (Lipinski definition) is 3. The lowest BCUT2D eigenvalue weighted by Gasteiger charge is -2.19. The Kier molecular flexibility index (Phi) is 8.53. The zero-order valence-electron chi connectivity index (χ0n) is 35.2. The molecule has 0 fully saturated rings. The summed E-state index contributed by atoms with van der Waals surface area (Å²) in [7, 11) is 0. The van der Waals surface area contributed by atoms with Crippen LogP contribution in [0.1, 0.15) is 0 Å². The van der Waals surface area contributed by atoms with E-state index in [0.29, 0.717) is 0 Å².